The van der Waals surface area contributed by atoms with Crippen molar-refractivity contribution in [1.29, 1.82) is 0 Å². The molecular weight excluding hydrogens is 454 g/mol. The maximum absolute atomic E-state index is 12.2. The Bertz CT molecular complexity index is 1020. The van der Waals surface area contributed by atoms with Crippen LogP contribution in [0, 0.1) is 0 Å². The highest BCUT2D eigenvalue weighted by Crippen LogP contribution is 2.37. The van der Waals surface area contributed by atoms with E-state index in [9.17, 15) is 4.79 Å². The van der Waals surface area contributed by atoms with Crippen molar-refractivity contribution in [2.45, 2.75) is 6.61 Å². The van der Waals surface area contributed by atoms with Crippen LogP contribution in [-0.2, 0) is 11.4 Å². The third-order valence-electron chi connectivity index (χ3n) is 4.04. The van der Waals surface area contributed by atoms with Gasteiger partial charge in [0.25, 0.3) is 0 Å². The Kier molecular flexibility index (Phi) is 7.33. The lowest BCUT2D eigenvalue weighted by atomic mass is 10.2. The molecule has 6 heteroatoms. The molecule has 0 bridgehead atoms. The highest BCUT2D eigenvalue weighted by atomic mass is 79.9. The second-order valence-electron chi connectivity index (χ2n) is 6.11. The monoisotopic (exact) mass is 471 g/mol. The molecule has 0 fully saturated rings. The summed E-state index contributed by atoms with van der Waals surface area (Å²) < 4.78 is 12.1. The zero-order chi connectivity index (χ0) is 20.6. The molecule has 3 rings (SSSR count). The maximum Gasteiger partial charge on any atom is 0.248 e. The van der Waals surface area contributed by atoms with Crippen LogP contribution in [-0.4, -0.2) is 13.0 Å². The number of hydrogen-bond donors (Lipinski definition) is 1. The molecule has 0 spiro atoms. The summed E-state index contributed by atoms with van der Waals surface area (Å²) in [6.07, 6.45) is 3.13. The molecule has 0 aliphatic carbocycles. The topological polar surface area (TPSA) is 47.6 Å². The van der Waals surface area contributed by atoms with Gasteiger partial charge in [0.15, 0.2) is 11.5 Å². The van der Waals surface area contributed by atoms with E-state index in [-0.39, 0.29) is 5.91 Å². The summed E-state index contributed by atoms with van der Waals surface area (Å²) in [6.45, 7) is 0.422. The van der Waals surface area contributed by atoms with E-state index in [0.29, 0.717) is 28.8 Å². The predicted molar refractivity (Wildman–Crippen MR) is 121 cm³/mol. The highest BCUT2D eigenvalue weighted by molar-refractivity contribution is 9.10. The number of hydrogen-bond acceptors (Lipinski definition) is 3. The molecule has 1 amide bonds. The van der Waals surface area contributed by atoms with Crippen LogP contribution in [0.2, 0.25) is 5.02 Å². The maximum atomic E-state index is 12.2. The van der Waals surface area contributed by atoms with Crippen LogP contribution in [0.5, 0.6) is 11.5 Å². The zero-order valence-electron chi connectivity index (χ0n) is 15.7. The van der Waals surface area contributed by atoms with E-state index in [1.165, 1.54) is 6.08 Å². The second-order valence-corrected chi connectivity index (χ2v) is 7.37. The van der Waals surface area contributed by atoms with Gasteiger partial charge in [0, 0.05) is 6.08 Å². The molecule has 3 aromatic rings. The SMILES string of the molecule is COc1cc(C=CC(=O)Nc2ccccc2Cl)cc(Br)c1OCc1ccccc1. The Labute approximate surface area is 183 Å². The highest BCUT2D eigenvalue weighted by Gasteiger charge is 2.11. The Hall–Kier alpha value is -2.76. The zero-order valence-corrected chi connectivity index (χ0v) is 18.0. The van der Waals surface area contributed by atoms with Gasteiger partial charge >= 0.3 is 0 Å². The number of carbonyl (C=O) groups excluding carboxylic acids is 1. The van der Waals surface area contributed by atoms with E-state index in [0.717, 1.165) is 15.6 Å². The Morgan fingerprint density at radius 3 is 2.55 bits per heavy atom. The first-order chi connectivity index (χ1) is 14.1. The summed E-state index contributed by atoms with van der Waals surface area (Å²) in [6, 6.07) is 20.6. The number of nitrogens with one attached hydrogen (secondary N) is 1. The van der Waals surface area contributed by atoms with Gasteiger partial charge in [-0.2, -0.15) is 0 Å². The molecule has 0 saturated heterocycles. The van der Waals surface area contributed by atoms with Crippen LogP contribution >= 0.6 is 27.5 Å². The lowest BCUT2D eigenvalue weighted by molar-refractivity contribution is -0.111. The first-order valence-corrected chi connectivity index (χ1v) is 10.0. The fourth-order valence-corrected chi connectivity index (χ4v) is 3.37. The number of methoxy groups -OCH3 is 1. The molecule has 148 valence electrons. The van der Waals surface area contributed by atoms with Crippen molar-refractivity contribution in [1.82, 2.24) is 0 Å². The fraction of sp³-hybridized carbons (Fsp3) is 0.0870. The van der Waals surface area contributed by atoms with Gasteiger partial charge in [-0.25, -0.2) is 0 Å². The third kappa shape index (κ3) is 5.86. The summed E-state index contributed by atoms with van der Waals surface area (Å²) in [7, 11) is 1.58. The summed E-state index contributed by atoms with van der Waals surface area (Å²) in [5.41, 5.74) is 2.41. The van der Waals surface area contributed by atoms with Crippen LogP contribution in [0.1, 0.15) is 11.1 Å². The molecule has 0 radical (unpaired) electrons. The molecule has 0 unspecified atom stereocenters. The Morgan fingerprint density at radius 2 is 1.83 bits per heavy atom. The van der Waals surface area contributed by atoms with Gasteiger partial charge in [-0.3, -0.25) is 4.79 Å². The van der Waals surface area contributed by atoms with Gasteiger partial charge in [-0.1, -0.05) is 54.1 Å². The smallest absolute Gasteiger partial charge is 0.248 e. The second kappa shape index (κ2) is 10.1. The molecule has 0 heterocycles. The van der Waals surface area contributed by atoms with E-state index in [4.69, 9.17) is 21.1 Å². The van der Waals surface area contributed by atoms with Crippen LogP contribution in [0.3, 0.4) is 0 Å². The van der Waals surface area contributed by atoms with Crippen LogP contribution in [0.15, 0.2) is 77.3 Å². The standard InChI is InChI=1S/C23H19BrClNO3/c1-28-21-14-17(11-12-22(27)26-20-10-6-5-9-19(20)25)13-18(24)23(21)29-15-16-7-3-2-4-8-16/h2-14H,15H2,1H3,(H,26,27). The molecule has 3 aromatic carbocycles. The van der Waals surface area contributed by atoms with E-state index < -0.39 is 0 Å². The number of amides is 1. The van der Waals surface area contributed by atoms with Crippen molar-refractivity contribution in [3.63, 3.8) is 0 Å². The molecule has 29 heavy (non-hydrogen) atoms. The largest absolute Gasteiger partial charge is 0.493 e. The van der Waals surface area contributed by atoms with E-state index in [1.54, 1.807) is 37.5 Å². The summed E-state index contributed by atoms with van der Waals surface area (Å²) in [5.74, 6) is 0.896. The molecule has 0 aliphatic rings. The Balaban J connectivity index is 1.71. The van der Waals surface area contributed by atoms with Gasteiger partial charge in [0.05, 0.1) is 22.3 Å². The van der Waals surface area contributed by atoms with Crippen molar-refractivity contribution in [3.8, 4) is 11.5 Å². The normalized spacial score (nSPS) is 10.7. The van der Waals surface area contributed by atoms with Gasteiger partial charge in [0.2, 0.25) is 5.91 Å². The number of halogens is 2. The number of carbonyl (C=O) groups is 1. The van der Waals surface area contributed by atoms with Gasteiger partial charge in [-0.05, 0) is 57.4 Å². The van der Waals surface area contributed by atoms with Crippen LogP contribution in [0.4, 0.5) is 5.69 Å². The van der Waals surface area contributed by atoms with Crippen LogP contribution < -0.4 is 14.8 Å². The van der Waals surface area contributed by atoms with Crippen molar-refractivity contribution in [2.75, 3.05) is 12.4 Å². The number of benzene rings is 3. The molecule has 0 aliphatic heterocycles. The van der Waals surface area contributed by atoms with E-state index in [1.807, 2.05) is 42.5 Å². The minimum atomic E-state index is -0.280. The van der Waals surface area contributed by atoms with Crippen molar-refractivity contribution in [3.05, 3.63) is 93.4 Å². The average Bonchev–Trinajstić information content (AvgIpc) is 2.73. The minimum Gasteiger partial charge on any atom is -0.493 e. The summed E-state index contributed by atoms with van der Waals surface area (Å²) >= 11 is 9.59. The average molecular weight is 473 g/mol. The molecule has 4 nitrogen and oxygen atoms in total. The van der Waals surface area contributed by atoms with Crippen LogP contribution in [0.25, 0.3) is 6.08 Å². The lowest BCUT2D eigenvalue weighted by Gasteiger charge is -2.13. The quantitative estimate of drug-likeness (QED) is 0.408. The van der Waals surface area contributed by atoms with Crippen molar-refractivity contribution in [2.24, 2.45) is 0 Å². The first kappa shape index (κ1) is 21.0. The summed E-state index contributed by atoms with van der Waals surface area (Å²) in [5, 5.41) is 3.23. The molecule has 0 saturated carbocycles. The third-order valence-corrected chi connectivity index (χ3v) is 4.96. The lowest BCUT2D eigenvalue weighted by Crippen LogP contribution is -2.07. The number of rotatable bonds is 7. The minimum absolute atomic E-state index is 0.280. The fourth-order valence-electron chi connectivity index (χ4n) is 2.61. The van der Waals surface area contributed by atoms with Gasteiger partial charge < -0.3 is 14.8 Å². The molecule has 0 atom stereocenters. The number of anilines is 1. The van der Waals surface area contributed by atoms with E-state index in [2.05, 4.69) is 21.2 Å². The first-order valence-electron chi connectivity index (χ1n) is 8.84. The van der Waals surface area contributed by atoms with Gasteiger partial charge in [0.1, 0.15) is 6.61 Å². The van der Waals surface area contributed by atoms with Crippen molar-refractivity contribution >= 4 is 45.2 Å². The van der Waals surface area contributed by atoms with Gasteiger partial charge in [-0.15, -0.1) is 0 Å². The number of para-hydroxylation sites is 1. The Morgan fingerprint density at radius 1 is 1.10 bits per heavy atom. The number of ether oxygens (including phenoxy) is 2. The molecule has 1 N–H and O–H groups in total. The predicted octanol–water partition coefficient (Wildman–Crippen LogP) is 6.34. The van der Waals surface area contributed by atoms with E-state index >= 15 is 0 Å². The molecule has 0 aromatic heterocycles. The van der Waals surface area contributed by atoms with Crippen molar-refractivity contribution < 1.29 is 14.3 Å². The summed E-state index contributed by atoms with van der Waals surface area (Å²) in [4.78, 5) is 12.2. The molecular formula is C23H19BrClNO3.